The van der Waals surface area contributed by atoms with Gasteiger partial charge in [-0.15, -0.1) is 0 Å². The smallest absolute Gasteiger partial charge is 0.269 e. The number of amides is 3. The number of anilines is 3. The largest absolute Gasteiger partial charge is 0.351 e. The maximum Gasteiger partial charge on any atom is 0.269 e. The number of nitro benzene ring substituents is 1. The van der Waals surface area contributed by atoms with Gasteiger partial charge >= 0.3 is 0 Å². The molecule has 6 rings (SSSR count). The van der Waals surface area contributed by atoms with E-state index in [1.54, 1.807) is 0 Å². The number of nitrogens with one attached hydrogen (secondary N) is 1. The van der Waals surface area contributed by atoms with Gasteiger partial charge in [0.1, 0.15) is 11.9 Å². The Kier molecular flexibility index (Phi) is 5.11. The van der Waals surface area contributed by atoms with Gasteiger partial charge in [0.05, 0.1) is 28.5 Å². The summed E-state index contributed by atoms with van der Waals surface area (Å²) < 4.78 is 13.5. The van der Waals surface area contributed by atoms with Crippen molar-refractivity contribution in [3.63, 3.8) is 0 Å². The Morgan fingerprint density at radius 3 is 2.30 bits per heavy atom. The number of hydrogen-bond acceptors (Lipinski definition) is 6. The third-order valence-corrected chi connectivity index (χ3v) is 7.11. The SMILES string of the molecule is O=C(Nc1ccc([N+](=O)[O-])cc1)[C@@H]1[C@@H]2C(=O)N(c3ccc(F)cc3)C(=O)[C@H]2[C@@H]2C=Cc3ccccc3N12. The van der Waals surface area contributed by atoms with Crippen molar-refractivity contribution in [1.29, 1.82) is 0 Å². The molecular formula is C27H19FN4O5. The monoisotopic (exact) mass is 498 g/mol. The molecular weight excluding hydrogens is 479 g/mol. The van der Waals surface area contributed by atoms with Crippen LogP contribution in [0.4, 0.5) is 27.1 Å². The first-order chi connectivity index (χ1) is 17.8. The Morgan fingerprint density at radius 1 is 0.919 bits per heavy atom. The maximum absolute atomic E-state index is 13.7. The molecule has 3 amide bonds. The van der Waals surface area contributed by atoms with Gasteiger partial charge in [0.25, 0.3) is 5.69 Å². The van der Waals surface area contributed by atoms with Crippen LogP contribution in [0.3, 0.4) is 0 Å². The molecule has 0 bridgehead atoms. The quantitative estimate of drug-likeness (QED) is 0.333. The number of rotatable bonds is 4. The Labute approximate surface area is 209 Å². The molecule has 3 aliphatic heterocycles. The highest BCUT2D eigenvalue weighted by atomic mass is 19.1. The van der Waals surface area contributed by atoms with Gasteiger partial charge in [0, 0.05) is 23.5 Å². The molecule has 37 heavy (non-hydrogen) atoms. The lowest BCUT2D eigenvalue weighted by atomic mass is 9.88. The van der Waals surface area contributed by atoms with E-state index in [1.807, 2.05) is 41.3 Å². The molecule has 2 fully saturated rings. The van der Waals surface area contributed by atoms with Gasteiger partial charge in [-0.25, -0.2) is 9.29 Å². The number of nitro groups is 1. The molecule has 0 radical (unpaired) electrons. The number of carbonyl (C=O) groups excluding carboxylic acids is 3. The number of fused-ring (bicyclic) bond motifs is 5. The molecule has 3 heterocycles. The van der Waals surface area contributed by atoms with E-state index in [0.29, 0.717) is 5.69 Å². The number of halogens is 1. The summed E-state index contributed by atoms with van der Waals surface area (Å²) in [6, 6.07) is 16.3. The molecule has 0 aliphatic carbocycles. The van der Waals surface area contributed by atoms with Crippen LogP contribution >= 0.6 is 0 Å². The van der Waals surface area contributed by atoms with Crippen molar-refractivity contribution in [3.8, 4) is 0 Å². The molecule has 3 aromatic carbocycles. The average molecular weight is 498 g/mol. The van der Waals surface area contributed by atoms with Crippen LogP contribution in [0.15, 0.2) is 78.9 Å². The second-order valence-corrected chi connectivity index (χ2v) is 9.09. The molecule has 9 nitrogen and oxygen atoms in total. The number of hydrogen-bond donors (Lipinski definition) is 1. The topological polar surface area (TPSA) is 113 Å². The first-order valence-electron chi connectivity index (χ1n) is 11.6. The van der Waals surface area contributed by atoms with Crippen LogP contribution in [0.2, 0.25) is 0 Å². The second-order valence-electron chi connectivity index (χ2n) is 9.09. The lowest BCUT2D eigenvalue weighted by Gasteiger charge is -2.36. The number of non-ortho nitro benzene ring substituents is 1. The summed E-state index contributed by atoms with van der Waals surface area (Å²) in [6.45, 7) is 0. The van der Waals surface area contributed by atoms with Crippen LogP contribution in [0.25, 0.3) is 6.08 Å². The van der Waals surface area contributed by atoms with Crippen LogP contribution in [0, 0.1) is 27.8 Å². The molecule has 1 N–H and O–H groups in total. The number of carbonyl (C=O) groups is 3. The summed E-state index contributed by atoms with van der Waals surface area (Å²) in [7, 11) is 0. The summed E-state index contributed by atoms with van der Waals surface area (Å²) in [6.07, 6.45) is 3.71. The van der Waals surface area contributed by atoms with Crippen molar-refractivity contribution >= 4 is 46.5 Å². The number of para-hydroxylation sites is 1. The van der Waals surface area contributed by atoms with Crippen molar-refractivity contribution in [3.05, 3.63) is 100 Å². The van der Waals surface area contributed by atoms with Crippen molar-refractivity contribution in [1.82, 2.24) is 0 Å². The van der Waals surface area contributed by atoms with Crippen LogP contribution in [0.1, 0.15) is 5.56 Å². The number of benzene rings is 3. The van der Waals surface area contributed by atoms with E-state index in [2.05, 4.69) is 5.32 Å². The molecule has 0 spiro atoms. The highest BCUT2D eigenvalue weighted by Gasteiger charge is 2.64. The predicted molar refractivity (Wildman–Crippen MR) is 133 cm³/mol. The molecule has 2 saturated heterocycles. The fourth-order valence-corrected chi connectivity index (χ4v) is 5.54. The summed E-state index contributed by atoms with van der Waals surface area (Å²) in [5, 5.41) is 13.8. The predicted octanol–water partition coefficient (Wildman–Crippen LogP) is 3.76. The third kappa shape index (κ3) is 3.48. The van der Waals surface area contributed by atoms with Crippen molar-refractivity contribution in [2.24, 2.45) is 11.8 Å². The van der Waals surface area contributed by atoms with Crippen LogP contribution in [0.5, 0.6) is 0 Å². The molecule has 0 unspecified atom stereocenters. The van der Waals surface area contributed by atoms with E-state index in [4.69, 9.17) is 0 Å². The zero-order valence-corrected chi connectivity index (χ0v) is 19.2. The van der Waals surface area contributed by atoms with E-state index < -0.39 is 52.4 Å². The Hall–Kier alpha value is -4.86. The van der Waals surface area contributed by atoms with Gasteiger partial charge in [0.15, 0.2) is 0 Å². The molecule has 184 valence electrons. The zero-order chi connectivity index (χ0) is 25.8. The van der Waals surface area contributed by atoms with Gasteiger partial charge in [-0.1, -0.05) is 30.4 Å². The molecule has 3 aromatic rings. The van der Waals surface area contributed by atoms with Crippen molar-refractivity contribution in [2.75, 3.05) is 15.1 Å². The van der Waals surface area contributed by atoms with Crippen LogP contribution < -0.4 is 15.1 Å². The first-order valence-corrected chi connectivity index (χ1v) is 11.6. The number of imide groups is 1. The Balaban J connectivity index is 1.40. The van der Waals surface area contributed by atoms with Gasteiger partial charge in [0.2, 0.25) is 17.7 Å². The highest BCUT2D eigenvalue weighted by molar-refractivity contribution is 6.25. The minimum atomic E-state index is -1.03. The summed E-state index contributed by atoms with van der Waals surface area (Å²) in [5.41, 5.74) is 2.01. The molecule has 0 saturated carbocycles. The lowest BCUT2D eigenvalue weighted by molar-refractivity contribution is -0.384. The van der Waals surface area contributed by atoms with Gasteiger partial charge in [-0.2, -0.15) is 0 Å². The lowest BCUT2D eigenvalue weighted by Crippen LogP contribution is -2.50. The van der Waals surface area contributed by atoms with E-state index in [-0.39, 0.29) is 11.4 Å². The normalized spacial score (nSPS) is 23.5. The zero-order valence-electron chi connectivity index (χ0n) is 19.2. The minimum Gasteiger partial charge on any atom is -0.351 e. The highest BCUT2D eigenvalue weighted by Crippen LogP contribution is 2.49. The second kappa shape index (κ2) is 8.37. The standard InChI is InChI=1S/C27H19FN4O5/c28-16-6-10-18(11-7-16)30-26(34)22-21-14-5-15-3-1-2-4-20(15)31(21)24(23(22)27(30)35)25(33)29-17-8-12-19(13-9-17)32(36)37/h1-14,21-24H,(H,29,33)/t21-,22-,23+,24-/m0/s1. The molecule has 4 atom stereocenters. The third-order valence-electron chi connectivity index (χ3n) is 7.11. The van der Waals surface area contributed by atoms with Gasteiger partial charge in [-0.3, -0.25) is 24.5 Å². The minimum absolute atomic E-state index is 0.124. The molecule has 10 heteroatoms. The Morgan fingerprint density at radius 2 is 1.59 bits per heavy atom. The summed E-state index contributed by atoms with van der Waals surface area (Å²) in [4.78, 5) is 54.4. The molecule has 0 aromatic heterocycles. The fraction of sp³-hybridized carbons (Fsp3) is 0.148. The molecule has 3 aliphatic rings. The average Bonchev–Trinajstić information content (AvgIpc) is 3.38. The van der Waals surface area contributed by atoms with Crippen molar-refractivity contribution in [2.45, 2.75) is 12.1 Å². The fourth-order valence-electron chi connectivity index (χ4n) is 5.54. The van der Waals surface area contributed by atoms with E-state index >= 15 is 0 Å². The first kappa shape index (κ1) is 22.6. The summed E-state index contributed by atoms with van der Waals surface area (Å²) >= 11 is 0. The van der Waals surface area contributed by atoms with E-state index in [1.165, 1.54) is 48.5 Å². The van der Waals surface area contributed by atoms with Gasteiger partial charge in [-0.05, 0) is 48.0 Å². The number of nitrogens with zero attached hydrogens (tertiary/aromatic N) is 3. The van der Waals surface area contributed by atoms with Crippen molar-refractivity contribution < 1.29 is 23.7 Å². The maximum atomic E-state index is 13.7. The van der Waals surface area contributed by atoms with Crippen LogP contribution in [-0.2, 0) is 14.4 Å². The summed E-state index contributed by atoms with van der Waals surface area (Å²) in [5.74, 6) is -3.82. The Bertz CT molecular complexity index is 1490. The van der Waals surface area contributed by atoms with Crippen LogP contribution in [-0.4, -0.2) is 34.7 Å². The van der Waals surface area contributed by atoms with Gasteiger partial charge < -0.3 is 10.2 Å². The van der Waals surface area contributed by atoms with E-state index in [9.17, 15) is 28.9 Å². The van der Waals surface area contributed by atoms with E-state index in [0.717, 1.165) is 16.2 Å².